The molecule has 2 N–H and O–H groups in total. The van der Waals surface area contributed by atoms with Gasteiger partial charge >= 0.3 is 5.97 Å². The first kappa shape index (κ1) is 16.0. The van der Waals surface area contributed by atoms with Crippen LogP contribution in [0.2, 0.25) is 0 Å². The van der Waals surface area contributed by atoms with Crippen molar-refractivity contribution in [1.29, 1.82) is 0 Å². The van der Waals surface area contributed by atoms with E-state index in [-0.39, 0.29) is 23.7 Å². The first-order valence-electron chi connectivity index (χ1n) is 8.54. The van der Waals surface area contributed by atoms with Gasteiger partial charge in [-0.1, -0.05) is 0 Å². The van der Waals surface area contributed by atoms with Crippen LogP contribution >= 0.6 is 0 Å². The summed E-state index contributed by atoms with van der Waals surface area (Å²) in [7, 11) is 0. The van der Waals surface area contributed by atoms with E-state index < -0.39 is 11.9 Å². The van der Waals surface area contributed by atoms with Crippen molar-refractivity contribution in [1.82, 2.24) is 15.1 Å². The molecular formula is C17H25N3O3. The molecule has 2 bridgehead atoms. The number of carboxylic acid groups (broad SMARTS) is 1. The third-order valence-electron chi connectivity index (χ3n) is 5.76. The molecule has 1 amide bonds. The lowest BCUT2D eigenvalue weighted by Crippen LogP contribution is -2.50. The second-order valence-corrected chi connectivity index (χ2v) is 6.85. The summed E-state index contributed by atoms with van der Waals surface area (Å²) in [6.07, 6.45) is 5.65. The second kappa shape index (κ2) is 6.34. The van der Waals surface area contributed by atoms with Crippen molar-refractivity contribution in [3.63, 3.8) is 0 Å². The predicted molar refractivity (Wildman–Crippen MR) is 84.5 cm³/mol. The molecule has 1 aromatic heterocycles. The van der Waals surface area contributed by atoms with Gasteiger partial charge in [0.15, 0.2) is 0 Å². The average molecular weight is 319 g/mol. The molecule has 0 saturated heterocycles. The van der Waals surface area contributed by atoms with Crippen molar-refractivity contribution in [3.8, 4) is 0 Å². The molecule has 126 valence electrons. The summed E-state index contributed by atoms with van der Waals surface area (Å²) in [5, 5.41) is 16.8. The highest BCUT2D eigenvalue weighted by molar-refractivity contribution is 5.85. The van der Waals surface area contributed by atoms with Crippen LogP contribution in [-0.2, 0) is 22.7 Å². The highest BCUT2D eigenvalue weighted by Crippen LogP contribution is 2.49. The Bertz CT molecular complexity index is 602. The summed E-state index contributed by atoms with van der Waals surface area (Å²) in [6.45, 7) is 5.23. The number of fused-ring (bicyclic) bond motifs is 3. The minimum Gasteiger partial charge on any atom is -0.481 e. The van der Waals surface area contributed by atoms with Crippen LogP contribution in [0, 0.1) is 30.6 Å². The molecule has 0 aliphatic heterocycles. The number of nitrogens with zero attached hydrogens (tertiary/aromatic N) is 2. The quantitative estimate of drug-likeness (QED) is 0.869. The second-order valence-electron chi connectivity index (χ2n) is 6.85. The van der Waals surface area contributed by atoms with E-state index in [0.717, 1.165) is 43.5 Å². The molecule has 23 heavy (non-hydrogen) atoms. The lowest BCUT2D eigenvalue weighted by molar-refractivity contribution is -0.158. The number of nitrogens with one attached hydrogen (secondary N) is 1. The Morgan fingerprint density at radius 1 is 1.26 bits per heavy atom. The van der Waals surface area contributed by atoms with Gasteiger partial charge in [0.05, 0.1) is 18.0 Å². The highest BCUT2D eigenvalue weighted by atomic mass is 16.4. The van der Waals surface area contributed by atoms with Crippen molar-refractivity contribution in [2.75, 3.05) is 0 Å². The zero-order chi connectivity index (χ0) is 16.6. The minimum atomic E-state index is -0.811. The summed E-state index contributed by atoms with van der Waals surface area (Å²) in [5.41, 5.74) is 2.04. The smallest absolute Gasteiger partial charge is 0.307 e. The molecule has 0 unspecified atom stereocenters. The third-order valence-corrected chi connectivity index (χ3v) is 5.76. The van der Waals surface area contributed by atoms with Crippen molar-refractivity contribution >= 4 is 11.9 Å². The SMILES string of the molecule is CCn1ncc(CNC(=O)[C@H]2C3CCC(CC3)[C@H]2C(=O)O)c1C. The van der Waals surface area contributed by atoms with Gasteiger partial charge in [-0.3, -0.25) is 14.3 Å². The number of carbonyl (C=O) groups excluding carboxylic acids is 1. The number of amides is 1. The fourth-order valence-electron chi connectivity index (χ4n) is 4.46. The molecule has 6 nitrogen and oxygen atoms in total. The van der Waals surface area contributed by atoms with Gasteiger partial charge in [-0.15, -0.1) is 0 Å². The van der Waals surface area contributed by atoms with Crippen LogP contribution in [0.1, 0.15) is 43.9 Å². The molecule has 0 aromatic carbocycles. The van der Waals surface area contributed by atoms with Crippen molar-refractivity contribution in [3.05, 3.63) is 17.5 Å². The summed E-state index contributed by atoms with van der Waals surface area (Å²) in [4.78, 5) is 24.3. The summed E-state index contributed by atoms with van der Waals surface area (Å²) in [5.74, 6) is -1.41. The summed E-state index contributed by atoms with van der Waals surface area (Å²) < 4.78 is 1.89. The first-order valence-corrected chi connectivity index (χ1v) is 8.54. The molecule has 1 aromatic rings. The molecule has 3 fully saturated rings. The van der Waals surface area contributed by atoms with E-state index in [1.54, 1.807) is 6.20 Å². The van der Waals surface area contributed by atoms with Crippen molar-refractivity contribution < 1.29 is 14.7 Å². The Balaban J connectivity index is 1.69. The summed E-state index contributed by atoms with van der Waals surface area (Å²) in [6, 6.07) is 0. The minimum absolute atomic E-state index is 0.101. The van der Waals surface area contributed by atoms with Crippen LogP contribution in [0.25, 0.3) is 0 Å². The van der Waals surface area contributed by atoms with Crippen molar-refractivity contribution in [2.45, 2.75) is 52.6 Å². The zero-order valence-electron chi connectivity index (χ0n) is 13.8. The van der Waals surface area contributed by atoms with E-state index in [4.69, 9.17) is 0 Å². The lowest BCUT2D eigenvalue weighted by atomic mass is 9.58. The fraction of sp³-hybridized carbons (Fsp3) is 0.706. The molecule has 2 atom stereocenters. The normalized spacial score (nSPS) is 29.5. The molecule has 0 spiro atoms. The van der Waals surface area contributed by atoms with Gasteiger partial charge < -0.3 is 10.4 Å². The molecule has 3 saturated carbocycles. The Morgan fingerprint density at radius 2 is 1.87 bits per heavy atom. The van der Waals surface area contributed by atoms with Gasteiger partial charge in [0.2, 0.25) is 5.91 Å². The first-order chi connectivity index (χ1) is 11.0. The summed E-state index contributed by atoms with van der Waals surface area (Å²) >= 11 is 0. The standard InChI is InChI=1S/C17H25N3O3/c1-3-20-10(2)13(9-19-20)8-18-16(21)14-11-4-6-12(7-5-11)15(14)17(22)23/h9,11-12,14-15H,3-8H2,1-2H3,(H,18,21)(H,22,23)/t11?,12?,14-,15+/m0/s1. The van der Waals surface area contributed by atoms with Gasteiger partial charge in [0, 0.05) is 24.3 Å². The molecule has 6 heteroatoms. The van der Waals surface area contributed by atoms with E-state index in [0.29, 0.717) is 6.54 Å². The monoisotopic (exact) mass is 319 g/mol. The van der Waals surface area contributed by atoms with E-state index >= 15 is 0 Å². The van der Waals surface area contributed by atoms with Gasteiger partial charge in [-0.25, -0.2) is 0 Å². The molecule has 3 aliphatic rings. The van der Waals surface area contributed by atoms with Crippen LogP contribution < -0.4 is 5.32 Å². The molecule has 0 radical (unpaired) electrons. The Kier molecular flexibility index (Phi) is 4.41. The van der Waals surface area contributed by atoms with E-state index in [9.17, 15) is 14.7 Å². The lowest BCUT2D eigenvalue weighted by Gasteiger charge is -2.45. The number of carboxylic acids is 1. The number of hydrogen-bond donors (Lipinski definition) is 2. The number of hydrogen-bond acceptors (Lipinski definition) is 3. The highest BCUT2D eigenvalue weighted by Gasteiger charge is 2.50. The number of carbonyl (C=O) groups is 2. The van der Waals surface area contributed by atoms with Gasteiger partial charge in [-0.05, 0) is 51.4 Å². The van der Waals surface area contributed by atoms with Crippen LogP contribution in [0.4, 0.5) is 0 Å². The number of aliphatic carboxylic acids is 1. The maximum atomic E-state index is 12.7. The third kappa shape index (κ3) is 2.86. The number of aryl methyl sites for hydroxylation is 1. The molecule has 3 aliphatic carbocycles. The largest absolute Gasteiger partial charge is 0.481 e. The molecule has 1 heterocycles. The molecular weight excluding hydrogens is 294 g/mol. The van der Waals surface area contributed by atoms with E-state index in [2.05, 4.69) is 10.4 Å². The maximum Gasteiger partial charge on any atom is 0.307 e. The molecule has 4 rings (SSSR count). The van der Waals surface area contributed by atoms with Crippen molar-refractivity contribution in [2.24, 2.45) is 23.7 Å². The van der Waals surface area contributed by atoms with Gasteiger partial charge in [0.1, 0.15) is 0 Å². The van der Waals surface area contributed by atoms with Crippen LogP contribution in [0.3, 0.4) is 0 Å². The zero-order valence-corrected chi connectivity index (χ0v) is 13.8. The van der Waals surface area contributed by atoms with E-state index in [1.165, 1.54) is 0 Å². The van der Waals surface area contributed by atoms with Crippen LogP contribution in [-0.4, -0.2) is 26.8 Å². The van der Waals surface area contributed by atoms with Crippen LogP contribution in [0.5, 0.6) is 0 Å². The topological polar surface area (TPSA) is 84.2 Å². The average Bonchev–Trinajstić information content (AvgIpc) is 2.92. The van der Waals surface area contributed by atoms with Crippen LogP contribution in [0.15, 0.2) is 6.20 Å². The van der Waals surface area contributed by atoms with Gasteiger partial charge in [-0.2, -0.15) is 5.10 Å². The maximum absolute atomic E-state index is 12.7. The fourth-order valence-corrected chi connectivity index (χ4v) is 4.46. The number of rotatable bonds is 5. The Morgan fingerprint density at radius 3 is 2.39 bits per heavy atom. The van der Waals surface area contributed by atoms with E-state index in [1.807, 2.05) is 18.5 Å². The Labute approximate surface area is 136 Å². The predicted octanol–water partition coefficient (Wildman–Crippen LogP) is 1.96. The van der Waals surface area contributed by atoms with Gasteiger partial charge in [0.25, 0.3) is 0 Å². The Hall–Kier alpha value is -1.85. The number of aromatic nitrogens is 2.